The number of sulfonamides is 1. The Kier molecular flexibility index (Phi) is 5.37. The maximum absolute atomic E-state index is 12.5. The van der Waals surface area contributed by atoms with E-state index in [0.29, 0.717) is 18.0 Å². The predicted molar refractivity (Wildman–Crippen MR) is 80.2 cm³/mol. The molecule has 0 atom stereocenters. The fraction of sp³-hybridized carbons (Fsp3) is 0.643. The number of hydrogen-bond donors (Lipinski definition) is 1. The van der Waals surface area contributed by atoms with Crippen molar-refractivity contribution < 1.29 is 8.42 Å². The first kappa shape index (κ1) is 15.3. The van der Waals surface area contributed by atoms with Crippen LogP contribution >= 0.6 is 0 Å². The molecule has 0 aromatic carbocycles. The summed E-state index contributed by atoms with van der Waals surface area (Å²) in [5, 5.41) is 3.14. The zero-order chi connectivity index (χ0) is 14.4. The molecule has 5 nitrogen and oxygen atoms in total. The molecule has 1 fully saturated rings. The van der Waals surface area contributed by atoms with E-state index in [1.165, 1.54) is 6.20 Å². The molecule has 0 unspecified atom stereocenters. The third-order valence-corrected chi connectivity index (χ3v) is 5.38. The Morgan fingerprint density at radius 2 is 1.90 bits per heavy atom. The summed E-state index contributed by atoms with van der Waals surface area (Å²) in [6.07, 6.45) is 6.59. The molecule has 1 saturated heterocycles. The van der Waals surface area contributed by atoms with Gasteiger partial charge in [0.1, 0.15) is 10.7 Å². The normalized spacial score (nSPS) is 17.6. The summed E-state index contributed by atoms with van der Waals surface area (Å²) in [4.78, 5) is 4.48. The molecule has 0 amide bonds. The Morgan fingerprint density at radius 1 is 1.20 bits per heavy atom. The number of rotatable bonds is 5. The molecule has 1 aromatic heterocycles. The summed E-state index contributed by atoms with van der Waals surface area (Å²) in [6, 6.07) is 3.38. The monoisotopic (exact) mass is 297 g/mol. The molecule has 1 N–H and O–H groups in total. The maximum atomic E-state index is 12.5. The van der Waals surface area contributed by atoms with E-state index in [9.17, 15) is 8.42 Å². The fourth-order valence-electron chi connectivity index (χ4n) is 2.32. The first-order valence-electron chi connectivity index (χ1n) is 7.34. The summed E-state index contributed by atoms with van der Waals surface area (Å²) in [5.41, 5.74) is 0. The van der Waals surface area contributed by atoms with Gasteiger partial charge < -0.3 is 5.32 Å². The Morgan fingerprint density at radius 3 is 2.45 bits per heavy atom. The third-order valence-electron chi connectivity index (χ3n) is 3.50. The molecule has 0 radical (unpaired) electrons. The van der Waals surface area contributed by atoms with Crippen molar-refractivity contribution in [3.63, 3.8) is 0 Å². The second-order valence-corrected chi connectivity index (χ2v) is 7.06. The van der Waals surface area contributed by atoms with Crippen LogP contribution in [0.2, 0.25) is 0 Å². The van der Waals surface area contributed by atoms with E-state index >= 15 is 0 Å². The molecular formula is C14H23N3O2S. The average molecular weight is 297 g/mol. The average Bonchev–Trinajstić information content (AvgIpc) is 2.75. The number of nitrogens with one attached hydrogen (secondary N) is 1. The van der Waals surface area contributed by atoms with Crippen LogP contribution in [0, 0.1) is 0 Å². The number of pyridine rings is 1. The van der Waals surface area contributed by atoms with Gasteiger partial charge in [-0.25, -0.2) is 13.4 Å². The van der Waals surface area contributed by atoms with Crippen LogP contribution in [0.5, 0.6) is 0 Å². The standard InChI is InChI=1S/C14H23N3O2S/c1-2-9-15-14-8-7-13(12-16-14)20(18,19)17-10-5-3-4-6-11-17/h7-8,12H,2-6,9-11H2,1H3,(H,15,16). The molecule has 0 spiro atoms. The van der Waals surface area contributed by atoms with Crippen molar-refractivity contribution in [1.82, 2.24) is 9.29 Å². The Hall–Kier alpha value is -1.14. The topological polar surface area (TPSA) is 62.3 Å². The zero-order valence-electron chi connectivity index (χ0n) is 12.0. The molecular weight excluding hydrogens is 274 g/mol. The highest BCUT2D eigenvalue weighted by atomic mass is 32.2. The van der Waals surface area contributed by atoms with Gasteiger partial charge in [0.2, 0.25) is 10.0 Å². The van der Waals surface area contributed by atoms with Crippen LogP contribution in [0.4, 0.5) is 5.82 Å². The van der Waals surface area contributed by atoms with Gasteiger partial charge in [-0.1, -0.05) is 19.8 Å². The van der Waals surface area contributed by atoms with Crippen LogP contribution in [-0.2, 0) is 10.0 Å². The third kappa shape index (κ3) is 3.70. The highest BCUT2D eigenvalue weighted by molar-refractivity contribution is 7.89. The van der Waals surface area contributed by atoms with Gasteiger partial charge in [0, 0.05) is 25.8 Å². The van der Waals surface area contributed by atoms with Crippen LogP contribution in [-0.4, -0.2) is 37.3 Å². The van der Waals surface area contributed by atoms with Crippen molar-refractivity contribution in [3.05, 3.63) is 18.3 Å². The van der Waals surface area contributed by atoms with Crippen molar-refractivity contribution >= 4 is 15.8 Å². The van der Waals surface area contributed by atoms with Gasteiger partial charge >= 0.3 is 0 Å². The van der Waals surface area contributed by atoms with E-state index in [4.69, 9.17) is 0 Å². The summed E-state index contributed by atoms with van der Waals surface area (Å²) < 4.78 is 26.7. The van der Waals surface area contributed by atoms with Crippen LogP contribution in [0.15, 0.2) is 23.2 Å². The minimum Gasteiger partial charge on any atom is -0.370 e. The minimum absolute atomic E-state index is 0.293. The van der Waals surface area contributed by atoms with E-state index in [-0.39, 0.29) is 0 Å². The number of anilines is 1. The molecule has 0 bridgehead atoms. The predicted octanol–water partition coefficient (Wildman–Crippen LogP) is 2.47. The lowest BCUT2D eigenvalue weighted by atomic mass is 10.2. The van der Waals surface area contributed by atoms with Crippen molar-refractivity contribution in [2.24, 2.45) is 0 Å². The molecule has 0 saturated carbocycles. The second kappa shape index (κ2) is 7.04. The smallest absolute Gasteiger partial charge is 0.244 e. The zero-order valence-corrected chi connectivity index (χ0v) is 12.8. The fourth-order valence-corrected chi connectivity index (χ4v) is 3.78. The molecule has 1 aromatic rings. The van der Waals surface area contributed by atoms with E-state index in [0.717, 1.165) is 44.5 Å². The van der Waals surface area contributed by atoms with Crippen molar-refractivity contribution in [2.75, 3.05) is 25.0 Å². The van der Waals surface area contributed by atoms with Gasteiger partial charge in [-0.3, -0.25) is 0 Å². The van der Waals surface area contributed by atoms with Crippen molar-refractivity contribution in [3.8, 4) is 0 Å². The lowest BCUT2D eigenvalue weighted by molar-refractivity contribution is 0.423. The summed E-state index contributed by atoms with van der Waals surface area (Å²) >= 11 is 0. The second-order valence-electron chi connectivity index (χ2n) is 5.12. The molecule has 112 valence electrons. The van der Waals surface area contributed by atoms with Gasteiger partial charge in [-0.15, -0.1) is 0 Å². The first-order valence-corrected chi connectivity index (χ1v) is 8.78. The minimum atomic E-state index is -3.38. The van der Waals surface area contributed by atoms with E-state index in [1.807, 2.05) is 0 Å². The summed E-state index contributed by atoms with van der Waals surface area (Å²) in [7, 11) is -3.38. The van der Waals surface area contributed by atoms with Crippen molar-refractivity contribution in [1.29, 1.82) is 0 Å². The highest BCUT2D eigenvalue weighted by Crippen LogP contribution is 2.20. The molecule has 2 heterocycles. The Labute approximate surface area is 121 Å². The largest absolute Gasteiger partial charge is 0.370 e. The number of nitrogens with zero attached hydrogens (tertiary/aromatic N) is 2. The van der Waals surface area contributed by atoms with Crippen LogP contribution in [0.25, 0.3) is 0 Å². The van der Waals surface area contributed by atoms with Gasteiger partial charge in [0.25, 0.3) is 0 Å². The SMILES string of the molecule is CCCNc1ccc(S(=O)(=O)N2CCCCCC2)cn1. The first-order chi connectivity index (χ1) is 9.64. The van der Waals surface area contributed by atoms with E-state index < -0.39 is 10.0 Å². The van der Waals surface area contributed by atoms with E-state index in [1.54, 1.807) is 16.4 Å². The Bertz CT molecular complexity index is 506. The van der Waals surface area contributed by atoms with Crippen LogP contribution < -0.4 is 5.32 Å². The molecule has 1 aliphatic heterocycles. The van der Waals surface area contributed by atoms with Crippen LogP contribution in [0.3, 0.4) is 0 Å². The van der Waals surface area contributed by atoms with Crippen LogP contribution in [0.1, 0.15) is 39.0 Å². The van der Waals surface area contributed by atoms with Gasteiger partial charge in [-0.2, -0.15) is 4.31 Å². The summed E-state index contributed by atoms with van der Waals surface area (Å²) in [5.74, 6) is 0.724. The number of hydrogen-bond acceptors (Lipinski definition) is 4. The molecule has 6 heteroatoms. The van der Waals surface area contributed by atoms with E-state index in [2.05, 4.69) is 17.2 Å². The van der Waals surface area contributed by atoms with Gasteiger partial charge in [0.05, 0.1) is 0 Å². The lowest BCUT2D eigenvalue weighted by Gasteiger charge is -2.19. The maximum Gasteiger partial charge on any atom is 0.244 e. The quantitative estimate of drug-likeness (QED) is 0.907. The molecule has 0 aliphatic carbocycles. The molecule has 20 heavy (non-hydrogen) atoms. The number of aromatic nitrogens is 1. The van der Waals surface area contributed by atoms with Gasteiger partial charge in [0.15, 0.2) is 0 Å². The lowest BCUT2D eigenvalue weighted by Crippen LogP contribution is -2.32. The molecule has 2 rings (SSSR count). The summed E-state index contributed by atoms with van der Waals surface area (Å²) in [6.45, 7) is 4.16. The highest BCUT2D eigenvalue weighted by Gasteiger charge is 2.25. The van der Waals surface area contributed by atoms with Crippen molar-refractivity contribution in [2.45, 2.75) is 43.9 Å². The Balaban J connectivity index is 2.12. The molecule has 1 aliphatic rings. The van der Waals surface area contributed by atoms with Gasteiger partial charge in [-0.05, 0) is 31.4 Å².